The summed E-state index contributed by atoms with van der Waals surface area (Å²) in [6.07, 6.45) is 1.88. The minimum Gasteiger partial charge on any atom is -0.497 e. The van der Waals surface area contributed by atoms with E-state index in [2.05, 4.69) is 15.7 Å². The number of hydrogen-bond donors (Lipinski definition) is 2. The number of pyridine rings is 1. The first-order chi connectivity index (χ1) is 15.5. The van der Waals surface area contributed by atoms with Crippen molar-refractivity contribution in [3.8, 4) is 17.4 Å². The Kier molecular flexibility index (Phi) is 5.98. The maximum Gasteiger partial charge on any atom is 0.255 e. The van der Waals surface area contributed by atoms with E-state index in [4.69, 9.17) is 9.47 Å². The molecule has 1 saturated heterocycles. The van der Waals surface area contributed by atoms with Gasteiger partial charge < -0.3 is 14.8 Å². The van der Waals surface area contributed by atoms with E-state index in [1.54, 1.807) is 74.0 Å². The lowest BCUT2D eigenvalue weighted by Crippen LogP contribution is -2.50. The van der Waals surface area contributed by atoms with Gasteiger partial charge in [-0.2, -0.15) is 0 Å². The fraction of sp³-hybridized carbons (Fsp3) is 0.130. The van der Waals surface area contributed by atoms with Gasteiger partial charge in [-0.1, -0.05) is 0 Å². The van der Waals surface area contributed by atoms with Crippen LogP contribution in [0.15, 0.2) is 66.9 Å². The van der Waals surface area contributed by atoms with E-state index in [0.29, 0.717) is 28.4 Å². The van der Waals surface area contributed by atoms with Gasteiger partial charge in [0.05, 0.1) is 12.8 Å². The van der Waals surface area contributed by atoms with E-state index in [0.717, 1.165) is 0 Å². The van der Waals surface area contributed by atoms with Crippen LogP contribution < -0.4 is 25.2 Å². The number of amides is 3. The number of hydrazine groups is 1. The number of ether oxygens (including phenoxy) is 2. The lowest BCUT2D eigenvalue weighted by Gasteiger charge is -2.27. The zero-order valence-electron chi connectivity index (χ0n) is 17.2. The van der Waals surface area contributed by atoms with Gasteiger partial charge in [-0.3, -0.25) is 19.8 Å². The summed E-state index contributed by atoms with van der Waals surface area (Å²) in [5.41, 5.74) is 3.76. The molecule has 2 aromatic carbocycles. The second-order valence-electron chi connectivity index (χ2n) is 6.90. The van der Waals surface area contributed by atoms with E-state index in [9.17, 15) is 14.4 Å². The van der Waals surface area contributed by atoms with Crippen LogP contribution in [-0.2, 0) is 9.59 Å². The van der Waals surface area contributed by atoms with Crippen LogP contribution in [0.2, 0.25) is 0 Å². The molecular weight excluding hydrogens is 412 g/mol. The van der Waals surface area contributed by atoms with Crippen LogP contribution in [0.1, 0.15) is 23.2 Å². The van der Waals surface area contributed by atoms with E-state index in [-0.39, 0.29) is 36.4 Å². The Morgan fingerprint density at radius 3 is 2.44 bits per heavy atom. The third-order valence-corrected chi connectivity index (χ3v) is 4.73. The summed E-state index contributed by atoms with van der Waals surface area (Å²) in [6.45, 7) is 0. The molecule has 2 heterocycles. The highest BCUT2D eigenvalue weighted by molar-refractivity contribution is 6.06. The van der Waals surface area contributed by atoms with Crippen LogP contribution in [-0.4, -0.2) is 29.8 Å². The first-order valence-electron chi connectivity index (χ1n) is 9.84. The molecular formula is C23H20N4O5. The molecule has 2 N–H and O–H groups in total. The Morgan fingerprint density at radius 1 is 1.00 bits per heavy atom. The first-order valence-corrected chi connectivity index (χ1v) is 9.84. The van der Waals surface area contributed by atoms with Crippen molar-refractivity contribution < 1.29 is 23.9 Å². The minimum absolute atomic E-state index is 0.145. The van der Waals surface area contributed by atoms with Gasteiger partial charge in [0.15, 0.2) is 0 Å². The SMILES string of the molecule is COc1ccc(Oc2ncccc2NC(=O)c2ccc(N3NC(=O)CCC3=O)cc2)cc1. The largest absolute Gasteiger partial charge is 0.497 e. The second kappa shape index (κ2) is 9.17. The number of rotatable bonds is 6. The summed E-state index contributed by atoms with van der Waals surface area (Å²) < 4.78 is 10.9. The molecule has 4 rings (SSSR count). The van der Waals surface area contributed by atoms with Crippen molar-refractivity contribution in [3.63, 3.8) is 0 Å². The quantitative estimate of drug-likeness (QED) is 0.619. The lowest BCUT2D eigenvalue weighted by molar-refractivity contribution is -0.130. The molecule has 0 radical (unpaired) electrons. The van der Waals surface area contributed by atoms with Crippen molar-refractivity contribution >= 4 is 29.1 Å². The van der Waals surface area contributed by atoms with Crippen LogP contribution in [0.4, 0.5) is 11.4 Å². The van der Waals surface area contributed by atoms with Gasteiger partial charge in [-0.25, -0.2) is 9.99 Å². The zero-order valence-corrected chi connectivity index (χ0v) is 17.2. The van der Waals surface area contributed by atoms with Gasteiger partial charge in [0.2, 0.25) is 17.7 Å². The van der Waals surface area contributed by atoms with Crippen LogP contribution in [0, 0.1) is 0 Å². The Labute approximate surface area is 183 Å². The predicted molar refractivity (Wildman–Crippen MR) is 117 cm³/mol. The Hall–Kier alpha value is -4.40. The Bertz CT molecular complexity index is 1150. The lowest BCUT2D eigenvalue weighted by atomic mass is 10.1. The third-order valence-electron chi connectivity index (χ3n) is 4.73. The highest BCUT2D eigenvalue weighted by Crippen LogP contribution is 2.28. The van der Waals surface area contributed by atoms with Crippen LogP contribution in [0.25, 0.3) is 0 Å². The van der Waals surface area contributed by atoms with Gasteiger partial charge in [0, 0.05) is 24.6 Å². The molecule has 0 unspecified atom stereocenters. The number of hydrogen-bond acceptors (Lipinski definition) is 6. The fourth-order valence-corrected chi connectivity index (χ4v) is 3.06. The molecule has 1 aliphatic rings. The molecule has 3 amide bonds. The summed E-state index contributed by atoms with van der Waals surface area (Å²) in [4.78, 5) is 40.5. The first kappa shape index (κ1) is 20.9. The molecule has 3 aromatic rings. The van der Waals surface area contributed by atoms with Crippen LogP contribution in [0.5, 0.6) is 17.4 Å². The van der Waals surface area contributed by atoms with Crippen molar-refractivity contribution in [3.05, 3.63) is 72.4 Å². The topological polar surface area (TPSA) is 110 Å². The second-order valence-corrected chi connectivity index (χ2v) is 6.90. The van der Waals surface area contributed by atoms with Crippen molar-refractivity contribution in [1.29, 1.82) is 0 Å². The number of nitrogens with zero attached hydrogens (tertiary/aromatic N) is 2. The molecule has 9 heteroatoms. The number of anilines is 2. The highest BCUT2D eigenvalue weighted by atomic mass is 16.5. The molecule has 162 valence electrons. The Balaban J connectivity index is 1.47. The van der Waals surface area contributed by atoms with Gasteiger partial charge in [-0.05, 0) is 60.7 Å². The maximum atomic E-state index is 12.7. The van der Waals surface area contributed by atoms with Gasteiger partial charge >= 0.3 is 0 Å². The summed E-state index contributed by atoms with van der Waals surface area (Å²) in [5.74, 6) is 0.658. The molecule has 0 saturated carbocycles. The van der Waals surface area contributed by atoms with Crippen molar-refractivity contribution in [1.82, 2.24) is 10.4 Å². The van der Waals surface area contributed by atoms with Crippen LogP contribution in [0.3, 0.4) is 0 Å². The average molecular weight is 432 g/mol. The van der Waals surface area contributed by atoms with E-state index >= 15 is 0 Å². The molecule has 1 aliphatic heterocycles. The minimum atomic E-state index is -0.377. The molecule has 0 spiro atoms. The molecule has 1 aromatic heterocycles. The van der Waals surface area contributed by atoms with E-state index in [1.165, 1.54) is 5.01 Å². The van der Waals surface area contributed by atoms with Gasteiger partial charge in [-0.15, -0.1) is 0 Å². The molecule has 0 aliphatic carbocycles. The number of aromatic nitrogens is 1. The predicted octanol–water partition coefficient (Wildman–Crippen LogP) is 3.29. The highest BCUT2D eigenvalue weighted by Gasteiger charge is 2.24. The fourth-order valence-electron chi connectivity index (χ4n) is 3.06. The van der Waals surface area contributed by atoms with Crippen LogP contribution >= 0.6 is 0 Å². The summed E-state index contributed by atoms with van der Waals surface area (Å²) in [7, 11) is 1.58. The normalized spacial score (nSPS) is 13.3. The number of carbonyl (C=O) groups is 3. The van der Waals surface area contributed by atoms with Crippen molar-refractivity contribution in [2.75, 3.05) is 17.4 Å². The summed E-state index contributed by atoms with van der Waals surface area (Å²) in [6, 6.07) is 16.7. The van der Waals surface area contributed by atoms with Gasteiger partial charge in [0.1, 0.15) is 17.2 Å². The van der Waals surface area contributed by atoms with Gasteiger partial charge in [0.25, 0.3) is 5.91 Å². The van der Waals surface area contributed by atoms with Crippen molar-refractivity contribution in [2.24, 2.45) is 0 Å². The third kappa shape index (κ3) is 4.67. The molecule has 1 fully saturated rings. The molecule has 0 atom stereocenters. The maximum absolute atomic E-state index is 12.7. The zero-order chi connectivity index (χ0) is 22.5. The molecule has 9 nitrogen and oxygen atoms in total. The van der Waals surface area contributed by atoms with Crippen molar-refractivity contribution in [2.45, 2.75) is 12.8 Å². The monoisotopic (exact) mass is 432 g/mol. The Morgan fingerprint density at radius 2 is 1.72 bits per heavy atom. The smallest absolute Gasteiger partial charge is 0.255 e. The number of benzene rings is 2. The number of nitrogens with one attached hydrogen (secondary N) is 2. The molecule has 32 heavy (non-hydrogen) atoms. The number of carbonyl (C=O) groups excluding carboxylic acids is 3. The van der Waals surface area contributed by atoms with E-state index < -0.39 is 0 Å². The summed E-state index contributed by atoms with van der Waals surface area (Å²) in [5, 5.41) is 3.97. The average Bonchev–Trinajstić information content (AvgIpc) is 2.82. The summed E-state index contributed by atoms with van der Waals surface area (Å²) >= 11 is 0. The number of methoxy groups -OCH3 is 1. The molecule has 0 bridgehead atoms. The van der Waals surface area contributed by atoms with E-state index in [1.807, 2.05) is 0 Å². The standard InChI is InChI=1S/C23H20N4O5/c1-31-17-8-10-18(11-9-17)32-23-19(3-2-14-24-23)25-22(30)15-4-6-16(7-5-15)27-21(29)13-12-20(28)26-27/h2-11,14H,12-13H2,1H3,(H,25,30)(H,26,28).